The van der Waals surface area contributed by atoms with Crippen LogP contribution in [0.15, 0.2) is 70.2 Å². The lowest BCUT2D eigenvalue weighted by Crippen LogP contribution is -2.42. The normalized spacial score (nSPS) is 15.2. The van der Waals surface area contributed by atoms with E-state index in [1.165, 1.54) is 18.3 Å². The second-order valence-corrected chi connectivity index (χ2v) is 6.10. The molecule has 1 aromatic heterocycles. The van der Waals surface area contributed by atoms with Gasteiger partial charge in [0.15, 0.2) is 11.5 Å². The van der Waals surface area contributed by atoms with E-state index in [0.717, 1.165) is 0 Å². The van der Waals surface area contributed by atoms with Crippen molar-refractivity contribution in [3.05, 3.63) is 76.5 Å². The smallest absolute Gasteiger partial charge is 0.284 e. The third-order valence-corrected chi connectivity index (χ3v) is 4.16. The first-order chi connectivity index (χ1) is 14.1. The number of fused-ring (bicyclic) bond motifs is 1. The number of benzene rings is 2. The van der Waals surface area contributed by atoms with Gasteiger partial charge in [-0.3, -0.25) is 14.9 Å². The largest absolute Gasteiger partial charge is 0.485 e. The number of ether oxygens (including phenoxy) is 2. The molecule has 1 amide bonds. The van der Waals surface area contributed by atoms with Crippen LogP contribution in [0.2, 0.25) is 0 Å². The Labute approximate surface area is 164 Å². The Balaban J connectivity index is 1.35. The molecule has 1 unspecified atom stereocenters. The maximum atomic E-state index is 12.2. The minimum absolute atomic E-state index is 0.00124. The molecule has 1 aliphatic heterocycles. The van der Waals surface area contributed by atoms with Crippen molar-refractivity contribution in [1.82, 2.24) is 5.43 Å². The zero-order chi connectivity index (χ0) is 20.2. The Bertz CT molecular complexity index is 1070. The Morgan fingerprint density at radius 1 is 1.10 bits per heavy atom. The Kier molecular flexibility index (Phi) is 4.93. The second-order valence-electron chi connectivity index (χ2n) is 6.10. The standard InChI is InChI=1S/C20H15N3O6/c24-20(19-12-27-17-3-1-2-4-18(17)29-19)22-21-11-15-9-10-16(28-15)13-5-7-14(8-6-13)23(25)26/h1-11,19H,12H2,(H,22,24)/b21-11+. The zero-order valence-electron chi connectivity index (χ0n) is 15.0. The topological polar surface area (TPSA) is 116 Å². The summed E-state index contributed by atoms with van der Waals surface area (Å²) in [7, 11) is 0. The van der Waals surface area contributed by atoms with Gasteiger partial charge in [-0.2, -0.15) is 5.10 Å². The fourth-order valence-corrected chi connectivity index (χ4v) is 2.71. The van der Waals surface area contributed by atoms with Gasteiger partial charge in [-0.05, 0) is 36.4 Å². The molecule has 0 spiro atoms. The van der Waals surface area contributed by atoms with Gasteiger partial charge in [0.2, 0.25) is 6.10 Å². The number of non-ortho nitro benzene ring substituents is 1. The van der Waals surface area contributed by atoms with Crippen LogP contribution < -0.4 is 14.9 Å². The Morgan fingerprint density at radius 2 is 1.86 bits per heavy atom. The maximum Gasteiger partial charge on any atom is 0.284 e. The van der Waals surface area contributed by atoms with Gasteiger partial charge in [0.1, 0.15) is 18.1 Å². The van der Waals surface area contributed by atoms with Crippen LogP contribution in [-0.2, 0) is 4.79 Å². The van der Waals surface area contributed by atoms with Crippen molar-refractivity contribution < 1.29 is 23.6 Å². The summed E-state index contributed by atoms with van der Waals surface area (Å²) in [6.45, 7) is 0.0867. The molecule has 0 saturated carbocycles. The highest BCUT2D eigenvalue weighted by atomic mass is 16.6. The van der Waals surface area contributed by atoms with Gasteiger partial charge in [0.25, 0.3) is 11.6 Å². The molecule has 1 atom stereocenters. The number of hydrazone groups is 1. The Hall–Kier alpha value is -4.14. The molecule has 9 heteroatoms. The fourth-order valence-electron chi connectivity index (χ4n) is 2.71. The monoisotopic (exact) mass is 393 g/mol. The highest BCUT2D eigenvalue weighted by Gasteiger charge is 2.27. The first-order valence-corrected chi connectivity index (χ1v) is 8.66. The third kappa shape index (κ3) is 4.08. The second kappa shape index (κ2) is 7.85. The van der Waals surface area contributed by atoms with Crippen LogP contribution in [0.3, 0.4) is 0 Å². The van der Waals surface area contributed by atoms with E-state index in [9.17, 15) is 14.9 Å². The van der Waals surface area contributed by atoms with Crippen LogP contribution in [0.5, 0.6) is 11.5 Å². The molecule has 0 bridgehead atoms. The highest BCUT2D eigenvalue weighted by molar-refractivity contribution is 5.84. The van der Waals surface area contributed by atoms with E-state index in [1.54, 1.807) is 42.5 Å². The van der Waals surface area contributed by atoms with Crippen molar-refractivity contribution in [2.45, 2.75) is 6.10 Å². The molecular formula is C20H15N3O6. The molecule has 29 heavy (non-hydrogen) atoms. The lowest BCUT2D eigenvalue weighted by atomic mass is 10.1. The molecule has 0 aliphatic carbocycles. The number of rotatable bonds is 5. The number of hydrogen-bond acceptors (Lipinski definition) is 7. The molecule has 4 rings (SSSR count). The summed E-state index contributed by atoms with van der Waals surface area (Å²) in [5.41, 5.74) is 3.08. The molecule has 0 fully saturated rings. The first-order valence-electron chi connectivity index (χ1n) is 8.66. The number of nitro benzene ring substituents is 1. The molecule has 0 radical (unpaired) electrons. The predicted octanol–water partition coefficient (Wildman–Crippen LogP) is 3.14. The lowest BCUT2D eigenvalue weighted by molar-refractivity contribution is -0.384. The molecule has 1 N–H and O–H groups in total. The van der Waals surface area contributed by atoms with E-state index in [2.05, 4.69) is 10.5 Å². The summed E-state index contributed by atoms with van der Waals surface area (Å²) < 4.78 is 16.7. The quantitative estimate of drug-likeness (QED) is 0.404. The SMILES string of the molecule is O=C(N/N=C/c1ccc(-c2ccc([N+](=O)[O-])cc2)o1)C1COc2ccccc2O1. The summed E-state index contributed by atoms with van der Waals surface area (Å²) in [5.74, 6) is 1.58. The lowest BCUT2D eigenvalue weighted by Gasteiger charge is -2.24. The van der Waals surface area contributed by atoms with E-state index in [1.807, 2.05) is 6.07 Å². The number of nitrogens with zero attached hydrogens (tertiary/aromatic N) is 2. The number of carbonyl (C=O) groups is 1. The summed E-state index contributed by atoms with van der Waals surface area (Å²) in [5, 5.41) is 14.6. The van der Waals surface area contributed by atoms with E-state index in [4.69, 9.17) is 13.9 Å². The first kappa shape index (κ1) is 18.2. The number of para-hydroxylation sites is 2. The van der Waals surface area contributed by atoms with Gasteiger partial charge in [-0.1, -0.05) is 12.1 Å². The summed E-state index contributed by atoms with van der Waals surface area (Å²) in [4.78, 5) is 22.4. The summed E-state index contributed by atoms with van der Waals surface area (Å²) in [6.07, 6.45) is 0.541. The van der Waals surface area contributed by atoms with Gasteiger partial charge in [0, 0.05) is 17.7 Å². The highest BCUT2D eigenvalue weighted by Crippen LogP contribution is 2.30. The van der Waals surface area contributed by atoms with Gasteiger partial charge < -0.3 is 13.9 Å². The van der Waals surface area contributed by atoms with Crippen LogP contribution in [0.1, 0.15) is 5.76 Å². The molecule has 2 heterocycles. The molecule has 1 aliphatic rings. The van der Waals surface area contributed by atoms with Crippen LogP contribution in [0.25, 0.3) is 11.3 Å². The zero-order valence-corrected chi connectivity index (χ0v) is 15.0. The maximum absolute atomic E-state index is 12.2. The van der Waals surface area contributed by atoms with Crippen molar-refractivity contribution in [3.63, 3.8) is 0 Å². The van der Waals surface area contributed by atoms with Crippen molar-refractivity contribution in [2.24, 2.45) is 5.10 Å². The third-order valence-electron chi connectivity index (χ3n) is 4.16. The number of furan rings is 1. The molecular weight excluding hydrogens is 378 g/mol. The van der Waals surface area contributed by atoms with E-state index in [0.29, 0.717) is 28.6 Å². The minimum atomic E-state index is -0.811. The molecule has 9 nitrogen and oxygen atoms in total. The number of hydrogen-bond donors (Lipinski definition) is 1. The van der Waals surface area contributed by atoms with Crippen molar-refractivity contribution >= 4 is 17.8 Å². The van der Waals surface area contributed by atoms with Crippen molar-refractivity contribution in [3.8, 4) is 22.8 Å². The van der Waals surface area contributed by atoms with Crippen molar-refractivity contribution in [1.29, 1.82) is 0 Å². The number of carbonyl (C=O) groups excluding carboxylic acids is 1. The fraction of sp³-hybridized carbons (Fsp3) is 0.100. The van der Waals surface area contributed by atoms with Crippen LogP contribution in [-0.4, -0.2) is 29.8 Å². The van der Waals surface area contributed by atoms with E-state index in [-0.39, 0.29) is 12.3 Å². The van der Waals surface area contributed by atoms with Crippen LogP contribution in [0.4, 0.5) is 5.69 Å². The number of amides is 1. The van der Waals surface area contributed by atoms with E-state index >= 15 is 0 Å². The summed E-state index contributed by atoms with van der Waals surface area (Å²) in [6, 6.07) is 16.5. The van der Waals surface area contributed by atoms with Gasteiger partial charge in [0.05, 0.1) is 11.1 Å². The molecule has 146 valence electrons. The predicted molar refractivity (Wildman–Crippen MR) is 103 cm³/mol. The average molecular weight is 393 g/mol. The van der Waals surface area contributed by atoms with Crippen LogP contribution in [0, 0.1) is 10.1 Å². The number of nitro groups is 1. The molecule has 0 saturated heterocycles. The van der Waals surface area contributed by atoms with Gasteiger partial charge in [-0.25, -0.2) is 5.43 Å². The molecule has 3 aromatic rings. The van der Waals surface area contributed by atoms with Gasteiger partial charge >= 0.3 is 0 Å². The van der Waals surface area contributed by atoms with Gasteiger partial charge in [-0.15, -0.1) is 0 Å². The van der Waals surface area contributed by atoms with Crippen molar-refractivity contribution in [2.75, 3.05) is 6.61 Å². The van der Waals surface area contributed by atoms with Crippen LogP contribution >= 0.6 is 0 Å². The Morgan fingerprint density at radius 3 is 2.62 bits per heavy atom. The summed E-state index contributed by atoms with van der Waals surface area (Å²) >= 11 is 0. The number of nitrogens with one attached hydrogen (secondary N) is 1. The molecule has 2 aromatic carbocycles. The average Bonchev–Trinajstić information content (AvgIpc) is 3.22. The van der Waals surface area contributed by atoms with E-state index < -0.39 is 16.9 Å². The minimum Gasteiger partial charge on any atom is -0.485 e.